The fourth-order valence-corrected chi connectivity index (χ4v) is 2.24. The molecule has 0 radical (unpaired) electrons. The number of carbonyl (C=O) groups is 1. The average Bonchev–Trinajstić information content (AvgIpc) is 2.49. The number of thiophene rings is 1. The molecule has 0 aliphatic rings. The van der Waals surface area contributed by atoms with Crippen molar-refractivity contribution in [2.45, 2.75) is 13.0 Å². The van der Waals surface area contributed by atoms with Gasteiger partial charge < -0.3 is 11.1 Å². The van der Waals surface area contributed by atoms with E-state index in [1.54, 1.807) is 11.3 Å². The smallest absolute Gasteiger partial charge is 0.221 e. The molecule has 0 bridgehead atoms. The van der Waals surface area contributed by atoms with Crippen LogP contribution in [0.25, 0.3) is 0 Å². The van der Waals surface area contributed by atoms with Crippen LogP contribution in [-0.4, -0.2) is 12.5 Å². The minimum Gasteiger partial charge on any atom is -0.351 e. The lowest BCUT2D eigenvalue weighted by Gasteiger charge is -2.00. The van der Waals surface area contributed by atoms with E-state index in [0.29, 0.717) is 19.5 Å². The second kappa shape index (κ2) is 7.23. The number of hydrogen-bond donors (Lipinski definition) is 2. The van der Waals surface area contributed by atoms with Gasteiger partial charge in [0.15, 0.2) is 0 Å². The molecule has 0 fully saturated rings. The van der Waals surface area contributed by atoms with Gasteiger partial charge >= 0.3 is 0 Å². The Labute approximate surface area is 102 Å². The van der Waals surface area contributed by atoms with Crippen molar-refractivity contribution in [1.29, 1.82) is 0 Å². The highest BCUT2D eigenvalue weighted by atomic mass is 79.9. The summed E-state index contributed by atoms with van der Waals surface area (Å²) in [5, 5.41) is 4.77. The first-order valence-electron chi connectivity index (χ1n) is 3.92. The zero-order chi connectivity index (χ0) is 9.68. The SMILES string of the molecule is Cl.NCCC(=O)NCc1cc(Br)cs1. The first kappa shape index (κ1) is 13.9. The Balaban J connectivity index is 0.00000169. The second-order valence-corrected chi connectivity index (χ2v) is 4.46. The first-order chi connectivity index (χ1) is 6.22. The fraction of sp³-hybridized carbons (Fsp3) is 0.375. The van der Waals surface area contributed by atoms with Crippen LogP contribution in [0.1, 0.15) is 11.3 Å². The minimum atomic E-state index is 0. The maximum atomic E-state index is 11.0. The molecule has 1 aromatic heterocycles. The van der Waals surface area contributed by atoms with Crippen LogP contribution in [-0.2, 0) is 11.3 Å². The number of halogens is 2. The van der Waals surface area contributed by atoms with Crippen molar-refractivity contribution in [2.24, 2.45) is 5.73 Å². The molecule has 0 aliphatic carbocycles. The van der Waals surface area contributed by atoms with Gasteiger partial charge in [-0.15, -0.1) is 23.7 Å². The predicted molar refractivity (Wildman–Crippen MR) is 64.8 cm³/mol. The van der Waals surface area contributed by atoms with Gasteiger partial charge in [-0.25, -0.2) is 0 Å². The lowest BCUT2D eigenvalue weighted by Crippen LogP contribution is -2.24. The van der Waals surface area contributed by atoms with Gasteiger partial charge in [-0.2, -0.15) is 0 Å². The molecule has 1 amide bonds. The summed E-state index contributed by atoms with van der Waals surface area (Å²) in [5.74, 6) is 0.00650. The van der Waals surface area contributed by atoms with E-state index in [9.17, 15) is 4.79 Å². The molecule has 0 saturated heterocycles. The lowest BCUT2D eigenvalue weighted by atomic mass is 10.4. The van der Waals surface area contributed by atoms with Crippen LogP contribution in [0.4, 0.5) is 0 Å². The molecule has 1 aromatic rings. The molecular formula is C8H12BrClN2OS. The molecule has 0 atom stereocenters. The zero-order valence-electron chi connectivity index (χ0n) is 7.46. The number of nitrogens with one attached hydrogen (secondary N) is 1. The number of rotatable bonds is 4. The van der Waals surface area contributed by atoms with Crippen molar-refractivity contribution < 1.29 is 4.79 Å². The number of carbonyl (C=O) groups excluding carboxylic acids is 1. The highest BCUT2D eigenvalue weighted by molar-refractivity contribution is 9.10. The van der Waals surface area contributed by atoms with Crippen LogP contribution in [0.15, 0.2) is 15.9 Å². The standard InChI is InChI=1S/C8H11BrN2OS.ClH/c9-6-3-7(13-5-6)4-11-8(12)1-2-10;/h3,5H,1-2,4,10H2,(H,11,12);1H. The summed E-state index contributed by atoms with van der Waals surface area (Å²) < 4.78 is 1.06. The summed E-state index contributed by atoms with van der Waals surface area (Å²) >= 11 is 4.96. The zero-order valence-corrected chi connectivity index (χ0v) is 10.7. The highest BCUT2D eigenvalue weighted by Gasteiger charge is 2.00. The summed E-state index contributed by atoms with van der Waals surface area (Å²) in [6.07, 6.45) is 0.395. The van der Waals surface area contributed by atoms with Gasteiger partial charge in [0, 0.05) is 27.7 Å². The Morgan fingerprint density at radius 3 is 2.86 bits per heavy atom. The molecule has 1 heterocycles. The van der Waals surface area contributed by atoms with Gasteiger partial charge in [-0.1, -0.05) is 0 Å². The van der Waals surface area contributed by atoms with E-state index in [4.69, 9.17) is 5.73 Å². The lowest BCUT2D eigenvalue weighted by molar-refractivity contribution is -0.121. The van der Waals surface area contributed by atoms with Crippen molar-refractivity contribution in [3.05, 3.63) is 20.8 Å². The Hall–Kier alpha value is -0.100. The van der Waals surface area contributed by atoms with Gasteiger partial charge in [0.1, 0.15) is 0 Å². The molecule has 80 valence electrons. The van der Waals surface area contributed by atoms with E-state index in [-0.39, 0.29) is 18.3 Å². The monoisotopic (exact) mass is 298 g/mol. The predicted octanol–water partition coefficient (Wildman–Crippen LogP) is 1.90. The molecule has 0 spiro atoms. The van der Waals surface area contributed by atoms with Crippen molar-refractivity contribution in [2.75, 3.05) is 6.54 Å². The number of amides is 1. The highest BCUT2D eigenvalue weighted by Crippen LogP contribution is 2.19. The van der Waals surface area contributed by atoms with Gasteiger partial charge in [-0.3, -0.25) is 4.79 Å². The summed E-state index contributed by atoms with van der Waals surface area (Å²) in [4.78, 5) is 12.2. The van der Waals surface area contributed by atoms with E-state index < -0.39 is 0 Å². The van der Waals surface area contributed by atoms with Crippen LogP contribution in [0.5, 0.6) is 0 Å². The quantitative estimate of drug-likeness (QED) is 0.892. The van der Waals surface area contributed by atoms with Crippen LogP contribution in [0, 0.1) is 0 Å². The summed E-state index contributed by atoms with van der Waals surface area (Å²) in [5.41, 5.74) is 5.24. The Morgan fingerprint density at radius 1 is 1.64 bits per heavy atom. The van der Waals surface area contributed by atoms with Crippen molar-refractivity contribution in [3.8, 4) is 0 Å². The second-order valence-electron chi connectivity index (χ2n) is 2.55. The third kappa shape index (κ3) is 4.95. The topological polar surface area (TPSA) is 55.1 Å². The third-order valence-corrected chi connectivity index (χ3v) is 3.15. The van der Waals surface area contributed by atoms with Gasteiger partial charge in [-0.05, 0) is 22.0 Å². The van der Waals surface area contributed by atoms with Crippen LogP contribution in [0.2, 0.25) is 0 Å². The minimum absolute atomic E-state index is 0. The fourth-order valence-electron chi connectivity index (χ4n) is 0.852. The summed E-state index contributed by atoms with van der Waals surface area (Å²) in [7, 11) is 0. The van der Waals surface area contributed by atoms with Crippen molar-refractivity contribution >= 4 is 45.6 Å². The van der Waals surface area contributed by atoms with Crippen LogP contribution >= 0.6 is 39.7 Å². The normalized spacial score (nSPS) is 9.29. The Morgan fingerprint density at radius 2 is 2.36 bits per heavy atom. The Bertz CT molecular complexity index is 293. The summed E-state index contributed by atoms with van der Waals surface area (Å²) in [6, 6.07) is 1.99. The van der Waals surface area contributed by atoms with Gasteiger partial charge in [0.25, 0.3) is 0 Å². The average molecular weight is 300 g/mol. The maximum absolute atomic E-state index is 11.0. The van der Waals surface area contributed by atoms with Crippen molar-refractivity contribution in [3.63, 3.8) is 0 Å². The third-order valence-electron chi connectivity index (χ3n) is 1.45. The molecule has 0 unspecified atom stereocenters. The summed E-state index contributed by atoms with van der Waals surface area (Å²) in [6.45, 7) is 0.995. The molecular weight excluding hydrogens is 288 g/mol. The van der Waals surface area contributed by atoms with E-state index in [1.807, 2.05) is 11.4 Å². The Kier molecular flexibility index (Phi) is 7.17. The molecule has 0 aliphatic heterocycles. The van der Waals surface area contributed by atoms with Crippen molar-refractivity contribution in [1.82, 2.24) is 5.32 Å². The van der Waals surface area contributed by atoms with Crippen LogP contribution in [0.3, 0.4) is 0 Å². The molecule has 14 heavy (non-hydrogen) atoms. The molecule has 3 N–H and O–H groups in total. The first-order valence-corrected chi connectivity index (χ1v) is 5.59. The largest absolute Gasteiger partial charge is 0.351 e. The molecule has 6 heteroatoms. The molecule has 0 aromatic carbocycles. The van der Waals surface area contributed by atoms with Gasteiger partial charge in [0.2, 0.25) is 5.91 Å². The van der Waals surface area contributed by atoms with E-state index in [0.717, 1.165) is 9.35 Å². The van der Waals surface area contributed by atoms with Crippen LogP contribution < -0.4 is 11.1 Å². The molecule has 1 rings (SSSR count). The van der Waals surface area contributed by atoms with E-state index in [1.165, 1.54) is 0 Å². The van der Waals surface area contributed by atoms with E-state index in [2.05, 4.69) is 21.2 Å². The van der Waals surface area contributed by atoms with Gasteiger partial charge in [0.05, 0.1) is 6.54 Å². The molecule has 3 nitrogen and oxygen atoms in total. The molecule has 0 saturated carbocycles. The number of nitrogens with two attached hydrogens (primary N) is 1. The number of hydrogen-bond acceptors (Lipinski definition) is 3. The maximum Gasteiger partial charge on any atom is 0.221 e. The van der Waals surface area contributed by atoms with E-state index >= 15 is 0 Å².